The van der Waals surface area contributed by atoms with E-state index < -0.39 is 0 Å². The maximum absolute atomic E-state index is 12.2. The lowest BCUT2D eigenvalue weighted by molar-refractivity contribution is -0.123. The third-order valence-corrected chi connectivity index (χ3v) is 5.22. The van der Waals surface area contributed by atoms with Crippen molar-refractivity contribution in [3.05, 3.63) is 29.3 Å². The molecule has 0 bridgehead atoms. The van der Waals surface area contributed by atoms with E-state index in [1.54, 1.807) is 0 Å². The molecule has 0 unspecified atom stereocenters. The zero-order valence-electron chi connectivity index (χ0n) is 13.6. The van der Waals surface area contributed by atoms with Crippen LogP contribution in [0.1, 0.15) is 32.1 Å². The Morgan fingerprint density at radius 3 is 2.48 bits per heavy atom. The molecule has 0 atom stereocenters. The van der Waals surface area contributed by atoms with Crippen molar-refractivity contribution in [3.8, 4) is 0 Å². The first-order valence-corrected chi connectivity index (χ1v) is 9.11. The van der Waals surface area contributed by atoms with Crippen molar-refractivity contribution in [2.75, 3.05) is 37.6 Å². The summed E-state index contributed by atoms with van der Waals surface area (Å²) in [5, 5.41) is 4.00. The van der Waals surface area contributed by atoms with E-state index in [-0.39, 0.29) is 5.91 Å². The van der Waals surface area contributed by atoms with Gasteiger partial charge in [-0.05, 0) is 25.0 Å². The lowest BCUT2D eigenvalue weighted by Crippen LogP contribution is -2.50. The van der Waals surface area contributed by atoms with E-state index in [1.807, 2.05) is 18.2 Å². The van der Waals surface area contributed by atoms with E-state index in [9.17, 15) is 4.79 Å². The molecule has 5 heteroatoms. The Morgan fingerprint density at radius 2 is 1.78 bits per heavy atom. The van der Waals surface area contributed by atoms with Crippen molar-refractivity contribution in [1.82, 2.24) is 10.2 Å². The second-order valence-electron chi connectivity index (χ2n) is 6.62. The van der Waals surface area contributed by atoms with Crippen LogP contribution >= 0.6 is 11.6 Å². The van der Waals surface area contributed by atoms with E-state index in [0.717, 1.165) is 49.7 Å². The van der Waals surface area contributed by atoms with Crippen molar-refractivity contribution < 1.29 is 4.79 Å². The van der Waals surface area contributed by atoms with Crippen LogP contribution in [-0.2, 0) is 4.79 Å². The van der Waals surface area contributed by atoms with Gasteiger partial charge in [-0.15, -0.1) is 0 Å². The summed E-state index contributed by atoms with van der Waals surface area (Å²) in [7, 11) is 0. The summed E-state index contributed by atoms with van der Waals surface area (Å²) in [6, 6.07) is 8.37. The maximum Gasteiger partial charge on any atom is 0.234 e. The van der Waals surface area contributed by atoms with Crippen molar-refractivity contribution in [2.45, 2.75) is 38.1 Å². The van der Waals surface area contributed by atoms with Gasteiger partial charge in [0.2, 0.25) is 5.91 Å². The molecule has 0 spiro atoms. The highest BCUT2D eigenvalue weighted by Gasteiger charge is 2.22. The maximum atomic E-state index is 12.2. The highest BCUT2D eigenvalue weighted by Crippen LogP contribution is 2.26. The molecule has 1 heterocycles. The van der Waals surface area contributed by atoms with Gasteiger partial charge in [0, 0.05) is 32.2 Å². The van der Waals surface area contributed by atoms with Gasteiger partial charge in [0.1, 0.15) is 0 Å². The van der Waals surface area contributed by atoms with Gasteiger partial charge in [-0.2, -0.15) is 0 Å². The minimum Gasteiger partial charge on any atom is -0.368 e. The summed E-state index contributed by atoms with van der Waals surface area (Å²) in [4.78, 5) is 16.7. The van der Waals surface area contributed by atoms with E-state index in [0.29, 0.717) is 12.6 Å². The zero-order valence-corrected chi connectivity index (χ0v) is 14.4. The summed E-state index contributed by atoms with van der Waals surface area (Å²) in [6.07, 6.45) is 6.11. The van der Waals surface area contributed by atoms with Crippen LogP contribution in [-0.4, -0.2) is 49.6 Å². The first-order valence-electron chi connectivity index (χ1n) is 8.73. The molecule has 2 aliphatic rings. The van der Waals surface area contributed by atoms with Crippen molar-refractivity contribution >= 4 is 23.2 Å². The molecule has 1 aromatic rings. The predicted molar refractivity (Wildman–Crippen MR) is 95.1 cm³/mol. The number of rotatable bonds is 4. The fourth-order valence-corrected chi connectivity index (χ4v) is 3.83. The highest BCUT2D eigenvalue weighted by atomic mass is 35.5. The minimum absolute atomic E-state index is 0.183. The zero-order chi connectivity index (χ0) is 16.1. The quantitative estimate of drug-likeness (QED) is 0.919. The largest absolute Gasteiger partial charge is 0.368 e. The molecule has 1 N–H and O–H groups in total. The summed E-state index contributed by atoms with van der Waals surface area (Å²) < 4.78 is 0. The molecule has 23 heavy (non-hydrogen) atoms. The molecule has 1 saturated carbocycles. The normalized spacial score (nSPS) is 20.5. The molecule has 1 aliphatic carbocycles. The molecule has 0 radical (unpaired) electrons. The molecule has 2 fully saturated rings. The Balaban J connectivity index is 1.44. The van der Waals surface area contributed by atoms with Gasteiger partial charge in [-0.3, -0.25) is 9.69 Å². The average Bonchev–Trinajstić information content (AvgIpc) is 2.57. The summed E-state index contributed by atoms with van der Waals surface area (Å²) in [6.45, 7) is 4.17. The number of amides is 1. The molecular formula is C18H26ClN3O. The van der Waals surface area contributed by atoms with Crippen LogP contribution in [0.5, 0.6) is 0 Å². The minimum atomic E-state index is 0.183. The number of nitrogens with zero attached hydrogens (tertiary/aromatic N) is 2. The Labute approximate surface area is 143 Å². The third kappa shape index (κ3) is 4.61. The van der Waals surface area contributed by atoms with Gasteiger partial charge in [0.15, 0.2) is 0 Å². The summed E-state index contributed by atoms with van der Waals surface area (Å²) >= 11 is 6.27. The Morgan fingerprint density at radius 1 is 1.09 bits per heavy atom. The second-order valence-corrected chi connectivity index (χ2v) is 7.02. The molecule has 126 valence electrons. The SMILES string of the molecule is O=C(CN1CCN(c2ccccc2Cl)CC1)NC1CCCCC1. The lowest BCUT2D eigenvalue weighted by Gasteiger charge is -2.36. The van der Waals surface area contributed by atoms with Crippen molar-refractivity contribution in [1.29, 1.82) is 0 Å². The third-order valence-electron chi connectivity index (χ3n) is 4.90. The Bertz CT molecular complexity index is 523. The van der Waals surface area contributed by atoms with Crippen LogP contribution < -0.4 is 10.2 Å². The molecule has 1 aliphatic heterocycles. The number of para-hydroxylation sites is 1. The van der Waals surface area contributed by atoms with Gasteiger partial charge < -0.3 is 10.2 Å². The molecule has 1 amide bonds. The number of hydrogen-bond donors (Lipinski definition) is 1. The van der Waals surface area contributed by atoms with Gasteiger partial charge in [-0.25, -0.2) is 0 Å². The van der Waals surface area contributed by atoms with Crippen LogP contribution in [0.25, 0.3) is 0 Å². The van der Waals surface area contributed by atoms with E-state index in [2.05, 4.69) is 21.2 Å². The first kappa shape index (κ1) is 16.6. The van der Waals surface area contributed by atoms with Gasteiger partial charge in [-0.1, -0.05) is 43.0 Å². The highest BCUT2D eigenvalue weighted by molar-refractivity contribution is 6.33. The summed E-state index contributed by atoms with van der Waals surface area (Å²) in [5.41, 5.74) is 1.10. The molecule has 1 saturated heterocycles. The van der Waals surface area contributed by atoms with E-state index in [1.165, 1.54) is 19.3 Å². The predicted octanol–water partition coefficient (Wildman–Crippen LogP) is 2.91. The second kappa shape index (κ2) is 8.02. The topological polar surface area (TPSA) is 35.6 Å². The molecule has 1 aromatic carbocycles. The fraction of sp³-hybridized carbons (Fsp3) is 0.611. The fourth-order valence-electron chi connectivity index (χ4n) is 3.58. The number of anilines is 1. The molecule has 3 rings (SSSR count). The van der Waals surface area contributed by atoms with Gasteiger partial charge >= 0.3 is 0 Å². The number of piperazine rings is 1. The number of nitrogens with one attached hydrogen (secondary N) is 1. The Kier molecular flexibility index (Phi) is 5.79. The van der Waals surface area contributed by atoms with Crippen LogP contribution in [0.15, 0.2) is 24.3 Å². The summed E-state index contributed by atoms with van der Waals surface area (Å²) in [5.74, 6) is 0.183. The standard InChI is InChI=1S/C18H26ClN3O/c19-16-8-4-5-9-17(16)22-12-10-21(11-13-22)14-18(23)20-15-6-2-1-3-7-15/h4-5,8-9,15H,1-3,6-7,10-14H2,(H,20,23). The van der Waals surface area contributed by atoms with E-state index in [4.69, 9.17) is 11.6 Å². The number of benzene rings is 1. The van der Waals surface area contributed by atoms with Crippen LogP contribution in [0.4, 0.5) is 5.69 Å². The number of hydrogen-bond acceptors (Lipinski definition) is 3. The number of carbonyl (C=O) groups is 1. The Hall–Kier alpha value is -1.26. The monoisotopic (exact) mass is 335 g/mol. The van der Waals surface area contributed by atoms with Crippen molar-refractivity contribution in [3.63, 3.8) is 0 Å². The van der Waals surface area contributed by atoms with Crippen molar-refractivity contribution in [2.24, 2.45) is 0 Å². The number of halogens is 1. The van der Waals surface area contributed by atoms with Crippen LogP contribution in [0.2, 0.25) is 5.02 Å². The number of carbonyl (C=O) groups excluding carboxylic acids is 1. The van der Waals surface area contributed by atoms with Crippen LogP contribution in [0, 0.1) is 0 Å². The molecular weight excluding hydrogens is 310 g/mol. The van der Waals surface area contributed by atoms with Crippen LogP contribution in [0.3, 0.4) is 0 Å². The van der Waals surface area contributed by atoms with Gasteiger partial charge in [0.25, 0.3) is 0 Å². The smallest absolute Gasteiger partial charge is 0.234 e. The van der Waals surface area contributed by atoms with Gasteiger partial charge in [0.05, 0.1) is 17.3 Å². The molecule has 4 nitrogen and oxygen atoms in total. The first-order chi connectivity index (χ1) is 11.2. The van der Waals surface area contributed by atoms with E-state index >= 15 is 0 Å². The molecule has 0 aromatic heterocycles. The average molecular weight is 336 g/mol. The lowest BCUT2D eigenvalue weighted by atomic mass is 9.95.